The van der Waals surface area contributed by atoms with E-state index in [-0.39, 0.29) is 31.1 Å². The number of hydrogen-bond donors (Lipinski definition) is 0. The lowest BCUT2D eigenvalue weighted by Gasteiger charge is -2.18. The summed E-state index contributed by atoms with van der Waals surface area (Å²) in [6.07, 6.45) is 40.9. The maximum Gasteiger partial charge on any atom is 0.306 e. The van der Waals surface area contributed by atoms with Crippen LogP contribution in [-0.4, -0.2) is 37.2 Å². The Bertz CT molecular complexity index is 839. The minimum absolute atomic E-state index is 0.0645. The van der Waals surface area contributed by atoms with Crippen molar-refractivity contribution in [1.82, 2.24) is 0 Å². The van der Waals surface area contributed by atoms with Crippen LogP contribution < -0.4 is 0 Å². The van der Waals surface area contributed by atoms with Gasteiger partial charge in [-0.3, -0.25) is 14.4 Å². The van der Waals surface area contributed by atoms with E-state index in [9.17, 15) is 14.4 Å². The summed E-state index contributed by atoms with van der Waals surface area (Å²) in [5, 5.41) is 0. The maximum atomic E-state index is 12.7. The van der Waals surface area contributed by atoms with E-state index in [4.69, 9.17) is 14.2 Å². The van der Waals surface area contributed by atoms with Gasteiger partial charge in [-0.2, -0.15) is 0 Å². The van der Waals surface area contributed by atoms with Crippen LogP contribution in [0.2, 0.25) is 0 Å². The van der Waals surface area contributed by atoms with Gasteiger partial charge >= 0.3 is 17.9 Å². The van der Waals surface area contributed by atoms with Crippen LogP contribution in [0.3, 0.4) is 0 Å². The van der Waals surface area contributed by atoms with E-state index >= 15 is 0 Å². The standard InChI is InChI=1S/C49H94O6/c1-6-7-8-9-10-11-12-15-19-26-31-36-41-49(52)55-46(43-54-48(51)40-35-30-25-21-20-23-28-33-38-45(4)5)42-53-47(50)39-34-29-24-18-16-13-14-17-22-27-32-37-44(2)3/h44-46H,6-43H2,1-5H3/t46-/m0/s1. The first-order valence-corrected chi connectivity index (χ1v) is 24.2. The summed E-state index contributed by atoms with van der Waals surface area (Å²) in [6.45, 7) is 11.3. The molecule has 0 spiro atoms. The molecule has 0 amide bonds. The highest BCUT2D eigenvalue weighted by molar-refractivity contribution is 5.71. The van der Waals surface area contributed by atoms with E-state index in [1.54, 1.807) is 0 Å². The molecule has 0 aromatic heterocycles. The number of carbonyl (C=O) groups excluding carboxylic acids is 3. The molecule has 0 aliphatic heterocycles. The topological polar surface area (TPSA) is 78.9 Å². The minimum atomic E-state index is -0.761. The summed E-state index contributed by atoms with van der Waals surface area (Å²) >= 11 is 0. The Balaban J connectivity index is 4.32. The summed E-state index contributed by atoms with van der Waals surface area (Å²) in [5.74, 6) is 0.769. The van der Waals surface area contributed by atoms with Crippen molar-refractivity contribution in [1.29, 1.82) is 0 Å². The van der Waals surface area contributed by atoms with Gasteiger partial charge in [0.15, 0.2) is 6.10 Å². The number of unbranched alkanes of at least 4 members (excludes halogenated alkanes) is 28. The summed E-state index contributed by atoms with van der Waals surface area (Å²) in [7, 11) is 0. The van der Waals surface area contributed by atoms with Gasteiger partial charge < -0.3 is 14.2 Å². The molecule has 0 rings (SSSR count). The monoisotopic (exact) mass is 779 g/mol. The molecular weight excluding hydrogens is 685 g/mol. The maximum absolute atomic E-state index is 12.7. The van der Waals surface area contributed by atoms with Crippen molar-refractivity contribution in [3.05, 3.63) is 0 Å². The molecule has 0 aliphatic carbocycles. The highest BCUT2D eigenvalue weighted by Crippen LogP contribution is 2.17. The lowest BCUT2D eigenvalue weighted by molar-refractivity contribution is -0.167. The van der Waals surface area contributed by atoms with Crippen LogP contribution in [0.4, 0.5) is 0 Å². The summed E-state index contributed by atoms with van der Waals surface area (Å²) in [4.78, 5) is 37.8. The lowest BCUT2D eigenvalue weighted by atomic mass is 10.0. The zero-order valence-electron chi connectivity index (χ0n) is 37.6. The first kappa shape index (κ1) is 53.4. The van der Waals surface area contributed by atoms with Crippen LogP contribution in [0, 0.1) is 11.8 Å². The molecule has 0 radical (unpaired) electrons. The van der Waals surface area contributed by atoms with E-state index in [1.165, 1.54) is 154 Å². The van der Waals surface area contributed by atoms with Crippen LogP contribution in [0.25, 0.3) is 0 Å². The molecule has 0 aromatic rings. The number of carbonyl (C=O) groups is 3. The average Bonchev–Trinajstić information content (AvgIpc) is 3.15. The van der Waals surface area contributed by atoms with Gasteiger partial charge in [0, 0.05) is 19.3 Å². The Morgan fingerprint density at radius 1 is 0.345 bits per heavy atom. The van der Waals surface area contributed by atoms with Crippen LogP contribution in [0.5, 0.6) is 0 Å². The van der Waals surface area contributed by atoms with Crippen molar-refractivity contribution >= 4 is 17.9 Å². The molecule has 326 valence electrons. The summed E-state index contributed by atoms with van der Waals surface area (Å²) < 4.78 is 16.8. The molecule has 0 saturated carbocycles. The molecule has 6 heteroatoms. The third kappa shape index (κ3) is 43.4. The Morgan fingerprint density at radius 2 is 0.600 bits per heavy atom. The summed E-state index contributed by atoms with van der Waals surface area (Å²) in [6, 6.07) is 0. The number of rotatable bonds is 43. The zero-order chi connectivity index (χ0) is 40.5. The molecule has 0 aliphatic rings. The molecule has 0 N–H and O–H groups in total. The van der Waals surface area contributed by atoms with Crippen molar-refractivity contribution in [2.75, 3.05) is 13.2 Å². The number of esters is 3. The fraction of sp³-hybridized carbons (Fsp3) is 0.939. The molecule has 0 saturated heterocycles. The average molecular weight is 779 g/mol. The largest absolute Gasteiger partial charge is 0.462 e. The van der Waals surface area contributed by atoms with E-state index in [0.717, 1.165) is 69.6 Å². The first-order chi connectivity index (χ1) is 26.7. The van der Waals surface area contributed by atoms with Crippen molar-refractivity contribution in [3.63, 3.8) is 0 Å². The molecule has 0 fully saturated rings. The third-order valence-corrected chi connectivity index (χ3v) is 11.0. The molecule has 0 unspecified atom stereocenters. The number of hydrogen-bond acceptors (Lipinski definition) is 6. The lowest BCUT2D eigenvalue weighted by Crippen LogP contribution is -2.30. The predicted molar refractivity (Wildman–Crippen MR) is 233 cm³/mol. The fourth-order valence-corrected chi connectivity index (χ4v) is 7.28. The molecule has 1 atom stereocenters. The van der Waals surface area contributed by atoms with Crippen LogP contribution >= 0.6 is 0 Å². The van der Waals surface area contributed by atoms with Gasteiger partial charge in [0.05, 0.1) is 0 Å². The quantitative estimate of drug-likeness (QED) is 0.0348. The minimum Gasteiger partial charge on any atom is -0.462 e. The normalized spacial score (nSPS) is 12.1. The SMILES string of the molecule is CCCCCCCCCCCCCCC(=O)O[C@@H](COC(=O)CCCCCCCCCCCCCC(C)C)COC(=O)CCCCCCCCCCC(C)C. The Hall–Kier alpha value is -1.59. The molecule has 0 heterocycles. The van der Waals surface area contributed by atoms with Crippen molar-refractivity contribution < 1.29 is 28.6 Å². The van der Waals surface area contributed by atoms with E-state index in [1.807, 2.05) is 0 Å². The summed E-state index contributed by atoms with van der Waals surface area (Å²) in [5.41, 5.74) is 0. The second-order valence-corrected chi connectivity index (χ2v) is 17.7. The van der Waals surface area contributed by atoms with Crippen molar-refractivity contribution in [2.24, 2.45) is 11.8 Å². The van der Waals surface area contributed by atoms with Crippen molar-refractivity contribution in [2.45, 2.75) is 272 Å². The van der Waals surface area contributed by atoms with Crippen LogP contribution in [0.1, 0.15) is 266 Å². The fourth-order valence-electron chi connectivity index (χ4n) is 7.28. The number of ether oxygens (including phenoxy) is 3. The van der Waals surface area contributed by atoms with Crippen LogP contribution in [0.15, 0.2) is 0 Å². The highest BCUT2D eigenvalue weighted by atomic mass is 16.6. The van der Waals surface area contributed by atoms with Gasteiger partial charge in [-0.15, -0.1) is 0 Å². The van der Waals surface area contributed by atoms with Gasteiger partial charge in [-0.25, -0.2) is 0 Å². The Kier molecular flexibility index (Phi) is 40.8. The van der Waals surface area contributed by atoms with Gasteiger partial charge in [0.1, 0.15) is 13.2 Å². The molecule has 6 nitrogen and oxygen atoms in total. The Morgan fingerprint density at radius 3 is 0.891 bits per heavy atom. The molecule has 0 aromatic carbocycles. The van der Waals surface area contributed by atoms with Gasteiger partial charge in [-0.05, 0) is 31.1 Å². The first-order valence-electron chi connectivity index (χ1n) is 24.2. The molecular formula is C49H94O6. The van der Waals surface area contributed by atoms with Crippen LogP contribution in [-0.2, 0) is 28.6 Å². The van der Waals surface area contributed by atoms with E-state index in [2.05, 4.69) is 34.6 Å². The van der Waals surface area contributed by atoms with E-state index in [0.29, 0.717) is 19.3 Å². The molecule has 0 bridgehead atoms. The van der Waals surface area contributed by atoms with Gasteiger partial charge in [0.25, 0.3) is 0 Å². The second-order valence-electron chi connectivity index (χ2n) is 17.7. The van der Waals surface area contributed by atoms with Gasteiger partial charge in [0.2, 0.25) is 0 Å². The second kappa shape index (κ2) is 42.0. The van der Waals surface area contributed by atoms with Crippen molar-refractivity contribution in [3.8, 4) is 0 Å². The van der Waals surface area contributed by atoms with E-state index < -0.39 is 6.10 Å². The smallest absolute Gasteiger partial charge is 0.306 e. The zero-order valence-corrected chi connectivity index (χ0v) is 37.6. The van der Waals surface area contributed by atoms with Gasteiger partial charge in [-0.1, -0.05) is 227 Å². The highest BCUT2D eigenvalue weighted by Gasteiger charge is 2.19. The Labute approximate surface area is 342 Å². The third-order valence-electron chi connectivity index (χ3n) is 11.0. The predicted octanol–water partition coefficient (Wildman–Crippen LogP) is 15.4. The molecule has 55 heavy (non-hydrogen) atoms.